The maximum absolute atomic E-state index is 5.39. The monoisotopic (exact) mass is 852 g/mol. The van der Waals surface area contributed by atoms with Crippen molar-refractivity contribution in [3.63, 3.8) is 0 Å². The van der Waals surface area contributed by atoms with Crippen LogP contribution in [0.5, 0.6) is 0 Å². The van der Waals surface area contributed by atoms with E-state index in [4.69, 9.17) is 6.42 Å². The topological polar surface area (TPSA) is 87.2 Å². The van der Waals surface area contributed by atoms with Crippen molar-refractivity contribution in [3.8, 4) is 69.0 Å². The van der Waals surface area contributed by atoms with E-state index in [0.717, 1.165) is 82.6 Å². The van der Waals surface area contributed by atoms with E-state index in [1.54, 1.807) is 24.8 Å². The number of benzene rings is 4. The number of aromatic nitrogens is 8. The summed E-state index contributed by atoms with van der Waals surface area (Å²) in [5.41, 5.74) is 12.9. The van der Waals surface area contributed by atoms with Crippen molar-refractivity contribution >= 4 is 37.7 Å². The highest BCUT2D eigenvalue weighted by molar-refractivity contribution is 9.10. The molecule has 10 rings (SSSR count). The van der Waals surface area contributed by atoms with Crippen LogP contribution in [0.15, 0.2) is 187 Å². The number of fused-ring (bicyclic) bond motifs is 2. The first kappa shape index (κ1) is 39.8. The largest absolute Gasteiger partial charge is 0.275 e. The van der Waals surface area contributed by atoms with Crippen LogP contribution in [0.1, 0.15) is 16.8 Å². The minimum Gasteiger partial charge on any atom is -0.275 e. The molecule has 6 heterocycles. The second kappa shape index (κ2) is 18.7. The van der Waals surface area contributed by atoms with Gasteiger partial charge in [-0.05, 0) is 106 Å². The van der Waals surface area contributed by atoms with E-state index in [2.05, 4.69) is 94.2 Å². The van der Waals surface area contributed by atoms with Crippen LogP contribution in [0.3, 0.4) is 0 Å². The Kier molecular flexibility index (Phi) is 12.2. The molecule has 0 bridgehead atoms. The van der Waals surface area contributed by atoms with Gasteiger partial charge in [-0.1, -0.05) is 84.6 Å². The molecule has 0 atom stereocenters. The summed E-state index contributed by atoms with van der Waals surface area (Å²) in [5, 5.41) is 11.5. The summed E-state index contributed by atoms with van der Waals surface area (Å²) in [6, 6.07) is 48.1. The van der Waals surface area contributed by atoms with Crippen molar-refractivity contribution in [1.29, 1.82) is 0 Å². The molecule has 0 saturated carbocycles. The van der Waals surface area contributed by atoms with Gasteiger partial charge in [-0.3, -0.25) is 19.3 Å². The number of pyridine rings is 4. The van der Waals surface area contributed by atoms with E-state index >= 15 is 0 Å². The van der Waals surface area contributed by atoms with Gasteiger partial charge in [0.1, 0.15) is 21.7 Å². The summed E-state index contributed by atoms with van der Waals surface area (Å²) in [5.74, 6) is 9.00. The van der Waals surface area contributed by atoms with E-state index in [-0.39, 0.29) is 0 Å². The number of hydrogen-bond donors (Lipinski definition) is 0. The molecule has 0 aliphatic carbocycles. The third-order valence-electron chi connectivity index (χ3n) is 9.62. The summed E-state index contributed by atoms with van der Waals surface area (Å²) in [6.07, 6.45) is 16.6. The summed E-state index contributed by atoms with van der Waals surface area (Å²) in [4.78, 5) is 17.1. The second-order valence-electron chi connectivity index (χ2n) is 13.9. The van der Waals surface area contributed by atoms with Crippen LogP contribution in [0.4, 0.5) is 0 Å². The van der Waals surface area contributed by atoms with Gasteiger partial charge >= 0.3 is 0 Å². The smallest absolute Gasteiger partial charge is 0.114 e. The van der Waals surface area contributed by atoms with E-state index < -0.39 is 0 Å². The fourth-order valence-corrected chi connectivity index (χ4v) is 6.96. The molecule has 0 spiro atoms. The zero-order valence-corrected chi connectivity index (χ0v) is 34.9. The lowest BCUT2D eigenvalue weighted by Crippen LogP contribution is -1.88. The molecule has 6 aromatic heterocycles. The van der Waals surface area contributed by atoms with Crippen molar-refractivity contribution in [2.75, 3.05) is 0 Å². The molecule has 10 aromatic rings. The Morgan fingerprint density at radius 2 is 0.951 bits per heavy atom. The minimum absolute atomic E-state index is 0.766. The summed E-state index contributed by atoms with van der Waals surface area (Å²) in [7, 11) is 3.86. The Morgan fingerprint density at radius 1 is 0.475 bits per heavy atom. The highest BCUT2D eigenvalue weighted by Crippen LogP contribution is 2.32. The molecular weight excluding hydrogens is 817 g/mol. The van der Waals surface area contributed by atoms with Crippen LogP contribution in [0, 0.1) is 24.2 Å². The molecule has 0 aliphatic rings. The summed E-state index contributed by atoms with van der Waals surface area (Å²) >= 11 is 3.32. The van der Waals surface area contributed by atoms with E-state index in [0.29, 0.717) is 0 Å². The van der Waals surface area contributed by atoms with E-state index in [1.807, 2.05) is 151 Å². The number of terminal acetylenes is 1. The van der Waals surface area contributed by atoms with Crippen LogP contribution >= 0.6 is 15.9 Å². The predicted octanol–water partition coefficient (Wildman–Crippen LogP) is 11.2. The maximum atomic E-state index is 5.39. The fourth-order valence-electron chi connectivity index (χ4n) is 6.64. The summed E-state index contributed by atoms with van der Waals surface area (Å²) in [6.45, 7) is 0. The molecule has 0 unspecified atom stereocenters. The van der Waals surface area contributed by atoms with Gasteiger partial charge < -0.3 is 0 Å². The normalized spacial score (nSPS) is 10.4. The van der Waals surface area contributed by atoms with Crippen LogP contribution in [-0.2, 0) is 14.1 Å². The SMILES string of the molecule is Brc1ccc2ccccc2n1.C#Cc1ccc(-c2nn(C)cc2-c2ccncc2)cc1.Cn1cc(-c2ccncc2)c(-c2ccc(C#Cc3ccc4ccccc4n3)cc2)n1. The van der Waals surface area contributed by atoms with Crippen molar-refractivity contribution in [2.45, 2.75) is 0 Å². The van der Waals surface area contributed by atoms with Gasteiger partial charge in [0.2, 0.25) is 0 Å². The van der Waals surface area contributed by atoms with Crippen LogP contribution in [0.25, 0.3) is 66.6 Å². The Morgan fingerprint density at radius 3 is 1.48 bits per heavy atom. The quantitative estimate of drug-likeness (QED) is 0.129. The van der Waals surface area contributed by atoms with Crippen LogP contribution in [-0.4, -0.2) is 39.5 Å². The molecule has 0 N–H and O–H groups in total. The number of hydrogen-bond acceptors (Lipinski definition) is 6. The molecule has 9 heteroatoms. The first-order chi connectivity index (χ1) is 29.9. The summed E-state index contributed by atoms with van der Waals surface area (Å²) < 4.78 is 4.54. The standard InChI is InChI=1S/C26H18N4.C17H13N3.C9H6BrN/c1-30-18-24(20-14-16-27-17-15-20)26(29-30)22-9-6-19(7-10-22)8-12-23-13-11-21-4-2-3-5-25(21)28-23;1-3-13-4-6-15(7-5-13)17-16(12-20(2)19-17)14-8-10-18-11-9-14;10-9-6-5-7-3-1-2-4-8(7)11-9/h2-7,9-11,13-18H,1H3;1,4-12H,2H3;1-6H. The van der Waals surface area contributed by atoms with Gasteiger partial charge in [0.15, 0.2) is 0 Å². The Bertz CT molecular complexity index is 3170. The maximum Gasteiger partial charge on any atom is 0.114 e. The zero-order valence-electron chi connectivity index (χ0n) is 33.4. The molecule has 8 nitrogen and oxygen atoms in total. The molecule has 4 aromatic carbocycles. The highest BCUT2D eigenvalue weighted by atomic mass is 79.9. The second-order valence-corrected chi connectivity index (χ2v) is 14.7. The van der Waals surface area contributed by atoms with Gasteiger partial charge in [-0.25, -0.2) is 9.97 Å². The van der Waals surface area contributed by atoms with Gasteiger partial charge in [0, 0.05) is 95.4 Å². The number of aryl methyl sites for hydroxylation is 2. The number of rotatable bonds is 4. The Balaban J connectivity index is 0.000000142. The van der Waals surface area contributed by atoms with Gasteiger partial charge in [-0.2, -0.15) is 10.2 Å². The third-order valence-corrected chi connectivity index (χ3v) is 10.1. The lowest BCUT2D eigenvalue weighted by atomic mass is 10.0. The van der Waals surface area contributed by atoms with Gasteiger partial charge in [0.25, 0.3) is 0 Å². The van der Waals surface area contributed by atoms with Crippen LogP contribution in [0.2, 0.25) is 0 Å². The van der Waals surface area contributed by atoms with Crippen molar-refractivity contribution in [1.82, 2.24) is 39.5 Å². The molecule has 292 valence electrons. The zero-order chi connectivity index (χ0) is 42.0. The van der Waals surface area contributed by atoms with Crippen molar-refractivity contribution in [2.24, 2.45) is 14.1 Å². The van der Waals surface area contributed by atoms with Crippen molar-refractivity contribution < 1.29 is 0 Å². The first-order valence-corrected chi connectivity index (χ1v) is 20.1. The lowest BCUT2D eigenvalue weighted by molar-refractivity contribution is 0.771. The molecule has 0 radical (unpaired) electrons. The molecule has 0 saturated heterocycles. The lowest BCUT2D eigenvalue weighted by Gasteiger charge is -2.03. The van der Waals surface area contributed by atoms with Crippen LogP contribution < -0.4 is 0 Å². The molecule has 0 fully saturated rings. The average Bonchev–Trinajstić information content (AvgIpc) is 3.91. The molecule has 61 heavy (non-hydrogen) atoms. The highest BCUT2D eigenvalue weighted by Gasteiger charge is 2.13. The van der Waals surface area contributed by atoms with Crippen molar-refractivity contribution in [3.05, 3.63) is 204 Å². The fraction of sp³-hybridized carbons (Fsp3) is 0.0385. The predicted molar refractivity (Wildman–Crippen MR) is 249 cm³/mol. The average molecular weight is 854 g/mol. The number of para-hydroxylation sites is 2. The number of halogens is 1. The first-order valence-electron chi connectivity index (χ1n) is 19.3. The molecule has 0 aliphatic heterocycles. The minimum atomic E-state index is 0.766. The van der Waals surface area contributed by atoms with Gasteiger partial charge in [-0.15, -0.1) is 6.42 Å². The third kappa shape index (κ3) is 9.84. The Hall–Kier alpha value is -7.98. The van der Waals surface area contributed by atoms with Gasteiger partial charge in [0.05, 0.1) is 11.0 Å². The number of nitrogens with zero attached hydrogens (tertiary/aromatic N) is 8. The molecule has 0 amide bonds. The molecular formula is C52H37BrN8. The Labute approximate surface area is 362 Å². The van der Waals surface area contributed by atoms with E-state index in [1.165, 1.54) is 5.39 Å². The van der Waals surface area contributed by atoms with E-state index in [9.17, 15) is 0 Å².